The molecule has 0 heterocycles. The van der Waals surface area contributed by atoms with Crippen LogP contribution in [0, 0.1) is 13.8 Å². The van der Waals surface area contributed by atoms with E-state index in [1.54, 1.807) is 0 Å². The van der Waals surface area contributed by atoms with Gasteiger partial charge in [-0.05, 0) is 63.1 Å². The molecule has 24 heavy (non-hydrogen) atoms. The molecule has 5 heteroatoms. The molecular weight excluding hydrogens is 370 g/mol. The van der Waals surface area contributed by atoms with Crippen LogP contribution in [0.3, 0.4) is 0 Å². The fraction of sp³-hybridized carbons (Fsp3) is 0.316. The standard InChI is InChI=1S/C19H22BrNO3/c1-12(2)24-17-8-6-5-7-16(17)21-18(22)11-23-19-13(3)9-15(20)10-14(19)4/h5-10,12H,11H2,1-4H3,(H,21,22). The zero-order valence-electron chi connectivity index (χ0n) is 14.4. The Kier molecular flexibility index (Phi) is 6.26. The van der Waals surface area contributed by atoms with E-state index in [-0.39, 0.29) is 18.6 Å². The molecule has 1 N–H and O–H groups in total. The molecule has 0 unspecified atom stereocenters. The molecule has 0 spiro atoms. The molecule has 2 aromatic rings. The first kappa shape index (κ1) is 18.3. The van der Waals surface area contributed by atoms with E-state index in [1.165, 1.54) is 0 Å². The Hall–Kier alpha value is -2.01. The second kappa shape index (κ2) is 8.20. The summed E-state index contributed by atoms with van der Waals surface area (Å²) in [7, 11) is 0. The fourth-order valence-electron chi connectivity index (χ4n) is 2.38. The molecule has 0 saturated heterocycles. The summed E-state index contributed by atoms with van der Waals surface area (Å²) < 4.78 is 12.4. The second-order valence-corrected chi connectivity index (χ2v) is 6.78. The first-order chi connectivity index (χ1) is 11.4. The zero-order valence-corrected chi connectivity index (χ0v) is 15.9. The number of amides is 1. The van der Waals surface area contributed by atoms with Crippen LogP contribution in [0.5, 0.6) is 11.5 Å². The summed E-state index contributed by atoms with van der Waals surface area (Å²) >= 11 is 3.45. The van der Waals surface area contributed by atoms with E-state index in [1.807, 2.05) is 64.1 Å². The number of carbonyl (C=O) groups is 1. The molecule has 1 amide bonds. The van der Waals surface area contributed by atoms with Gasteiger partial charge in [-0.25, -0.2) is 0 Å². The predicted molar refractivity (Wildman–Crippen MR) is 99.9 cm³/mol. The van der Waals surface area contributed by atoms with Crippen molar-refractivity contribution in [3.05, 3.63) is 52.0 Å². The lowest BCUT2D eigenvalue weighted by Crippen LogP contribution is -2.21. The smallest absolute Gasteiger partial charge is 0.262 e. The molecule has 128 valence electrons. The van der Waals surface area contributed by atoms with E-state index in [2.05, 4.69) is 21.2 Å². The van der Waals surface area contributed by atoms with Gasteiger partial charge in [-0.2, -0.15) is 0 Å². The van der Waals surface area contributed by atoms with Crippen molar-refractivity contribution in [2.45, 2.75) is 33.8 Å². The van der Waals surface area contributed by atoms with Gasteiger partial charge >= 0.3 is 0 Å². The van der Waals surface area contributed by atoms with Crippen LogP contribution < -0.4 is 14.8 Å². The highest BCUT2D eigenvalue weighted by Gasteiger charge is 2.11. The van der Waals surface area contributed by atoms with Gasteiger partial charge in [-0.15, -0.1) is 0 Å². The lowest BCUT2D eigenvalue weighted by Gasteiger charge is -2.16. The topological polar surface area (TPSA) is 47.6 Å². The molecule has 0 aromatic heterocycles. The van der Waals surface area contributed by atoms with Crippen LogP contribution in [0.2, 0.25) is 0 Å². The summed E-state index contributed by atoms with van der Waals surface area (Å²) in [6.07, 6.45) is 0.0346. The van der Waals surface area contributed by atoms with Gasteiger partial charge in [0.15, 0.2) is 6.61 Å². The van der Waals surface area contributed by atoms with Crippen LogP contribution in [0.25, 0.3) is 0 Å². The Bertz CT molecular complexity index is 705. The summed E-state index contributed by atoms with van der Waals surface area (Å²) in [6, 6.07) is 11.3. The highest BCUT2D eigenvalue weighted by molar-refractivity contribution is 9.10. The monoisotopic (exact) mass is 391 g/mol. The molecule has 2 aromatic carbocycles. The molecule has 2 rings (SSSR count). The van der Waals surface area contributed by atoms with E-state index in [0.717, 1.165) is 21.3 Å². The summed E-state index contributed by atoms with van der Waals surface area (Å²) in [6.45, 7) is 7.74. The maximum Gasteiger partial charge on any atom is 0.262 e. The highest BCUT2D eigenvalue weighted by atomic mass is 79.9. The van der Waals surface area contributed by atoms with Crippen molar-refractivity contribution in [2.75, 3.05) is 11.9 Å². The van der Waals surface area contributed by atoms with Crippen LogP contribution >= 0.6 is 15.9 Å². The second-order valence-electron chi connectivity index (χ2n) is 5.87. The molecular formula is C19H22BrNO3. The van der Waals surface area contributed by atoms with Gasteiger partial charge in [0, 0.05) is 4.47 Å². The molecule has 4 nitrogen and oxygen atoms in total. The lowest BCUT2D eigenvalue weighted by atomic mass is 10.1. The summed E-state index contributed by atoms with van der Waals surface area (Å²) in [5, 5.41) is 2.84. The van der Waals surface area contributed by atoms with Gasteiger partial charge in [-0.1, -0.05) is 28.1 Å². The Morgan fingerprint density at radius 2 is 1.79 bits per heavy atom. The van der Waals surface area contributed by atoms with E-state index >= 15 is 0 Å². The Labute approximate surface area is 151 Å². The number of anilines is 1. The first-order valence-electron chi connectivity index (χ1n) is 7.82. The molecule has 0 atom stereocenters. The Balaban J connectivity index is 2.02. The minimum absolute atomic E-state index is 0.0346. The molecule has 0 fully saturated rings. The van der Waals surface area contributed by atoms with Crippen molar-refractivity contribution in [1.29, 1.82) is 0 Å². The summed E-state index contributed by atoms with van der Waals surface area (Å²) in [5.41, 5.74) is 2.61. The third kappa shape index (κ3) is 4.99. The largest absolute Gasteiger partial charge is 0.489 e. The number of halogens is 1. The Morgan fingerprint density at radius 3 is 2.42 bits per heavy atom. The number of hydrogen-bond donors (Lipinski definition) is 1. The summed E-state index contributed by atoms with van der Waals surface area (Å²) in [4.78, 5) is 12.2. The van der Waals surface area contributed by atoms with Gasteiger partial charge < -0.3 is 14.8 Å². The minimum atomic E-state index is -0.225. The quantitative estimate of drug-likeness (QED) is 0.763. The third-order valence-electron chi connectivity index (χ3n) is 3.30. The predicted octanol–water partition coefficient (Wildman–Crippen LogP) is 4.87. The van der Waals surface area contributed by atoms with E-state index in [9.17, 15) is 4.79 Å². The molecule has 0 radical (unpaired) electrons. The summed E-state index contributed by atoms with van der Waals surface area (Å²) in [5.74, 6) is 1.16. The van der Waals surface area contributed by atoms with Gasteiger partial charge in [0.2, 0.25) is 0 Å². The van der Waals surface area contributed by atoms with Crippen molar-refractivity contribution >= 4 is 27.5 Å². The van der Waals surface area contributed by atoms with Gasteiger partial charge in [0.05, 0.1) is 11.8 Å². The first-order valence-corrected chi connectivity index (χ1v) is 8.61. The number of nitrogens with one attached hydrogen (secondary N) is 1. The normalized spacial score (nSPS) is 10.6. The van der Waals surface area contributed by atoms with E-state index < -0.39 is 0 Å². The zero-order chi connectivity index (χ0) is 17.7. The number of aryl methyl sites for hydroxylation is 2. The van der Waals surface area contributed by atoms with Crippen LogP contribution in [0.1, 0.15) is 25.0 Å². The van der Waals surface area contributed by atoms with E-state index in [0.29, 0.717) is 11.4 Å². The fourth-order valence-corrected chi connectivity index (χ4v) is 3.06. The van der Waals surface area contributed by atoms with Crippen molar-refractivity contribution < 1.29 is 14.3 Å². The Morgan fingerprint density at radius 1 is 1.17 bits per heavy atom. The number of ether oxygens (including phenoxy) is 2. The molecule has 0 aliphatic rings. The van der Waals surface area contributed by atoms with Gasteiger partial charge in [0.25, 0.3) is 5.91 Å². The number of carbonyl (C=O) groups excluding carboxylic acids is 1. The maximum absolute atomic E-state index is 12.2. The van der Waals surface area contributed by atoms with Crippen molar-refractivity contribution in [1.82, 2.24) is 0 Å². The van der Waals surface area contributed by atoms with Crippen LogP contribution in [-0.4, -0.2) is 18.6 Å². The number of benzene rings is 2. The molecule has 0 bridgehead atoms. The average molecular weight is 392 g/mol. The highest BCUT2D eigenvalue weighted by Crippen LogP contribution is 2.28. The molecule has 0 saturated carbocycles. The SMILES string of the molecule is Cc1cc(Br)cc(C)c1OCC(=O)Nc1ccccc1OC(C)C. The molecule has 0 aliphatic carbocycles. The van der Waals surface area contributed by atoms with Crippen LogP contribution in [-0.2, 0) is 4.79 Å². The minimum Gasteiger partial charge on any atom is -0.489 e. The average Bonchev–Trinajstić information content (AvgIpc) is 2.47. The van der Waals surface area contributed by atoms with E-state index in [4.69, 9.17) is 9.47 Å². The lowest BCUT2D eigenvalue weighted by molar-refractivity contribution is -0.118. The number of rotatable bonds is 6. The van der Waals surface area contributed by atoms with Crippen LogP contribution in [0.4, 0.5) is 5.69 Å². The third-order valence-corrected chi connectivity index (χ3v) is 3.75. The van der Waals surface area contributed by atoms with Crippen molar-refractivity contribution in [2.24, 2.45) is 0 Å². The van der Waals surface area contributed by atoms with Crippen molar-refractivity contribution in [3.63, 3.8) is 0 Å². The van der Waals surface area contributed by atoms with Crippen LogP contribution in [0.15, 0.2) is 40.9 Å². The van der Waals surface area contributed by atoms with Crippen molar-refractivity contribution in [3.8, 4) is 11.5 Å². The number of hydrogen-bond acceptors (Lipinski definition) is 3. The maximum atomic E-state index is 12.2. The van der Waals surface area contributed by atoms with Gasteiger partial charge in [0.1, 0.15) is 11.5 Å². The molecule has 0 aliphatic heterocycles. The number of para-hydroxylation sites is 2. The van der Waals surface area contributed by atoms with Gasteiger partial charge in [-0.3, -0.25) is 4.79 Å².